The van der Waals surface area contributed by atoms with E-state index in [0.717, 1.165) is 11.1 Å². The van der Waals surface area contributed by atoms with Crippen LogP contribution in [0.4, 0.5) is 11.6 Å². The molecule has 12 heteroatoms. The summed E-state index contributed by atoms with van der Waals surface area (Å²) in [6.45, 7) is 3.72. The first kappa shape index (κ1) is 23.6. The number of hydrazine groups is 2. The van der Waals surface area contributed by atoms with Gasteiger partial charge >= 0.3 is 0 Å². The summed E-state index contributed by atoms with van der Waals surface area (Å²) in [6.07, 6.45) is 0. The summed E-state index contributed by atoms with van der Waals surface area (Å²) in [5.74, 6) is 0.302. The van der Waals surface area contributed by atoms with Crippen LogP contribution in [0.2, 0.25) is 0 Å². The standard InChI is InChI=1S/C22H22N6O4S2/c1-15-7-11-17(12-8-15)33(29,30)27-25-21-19-5-3-4-6-20(19)22(24-23-21)26-28-34(31,32)18-13-9-16(2)10-14-18/h3-14,27-28H,1-2H3,(H,23,25)(H,24,26). The number of aryl methyl sites for hydroxylation is 2. The maximum Gasteiger partial charge on any atom is 0.257 e. The van der Waals surface area contributed by atoms with Crippen LogP contribution < -0.4 is 20.5 Å². The Morgan fingerprint density at radius 1 is 0.559 bits per heavy atom. The summed E-state index contributed by atoms with van der Waals surface area (Å²) < 4.78 is 50.3. The lowest BCUT2D eigenvalue weighted by atomic mass is 10.2. The van der Waals surface area contributed by atoms with Gasteiger partial charge in [-0.2, -0.15) is 0 Å². The predicted octanol–water partition coefficient (Wildman–Crippen LogP) is 2.86. The van der Waals surface area contributed by atoms with Gasteiger partial charge in [0.05, 0.1) is 9.79 Å². The number of nitrogens with one attached hydrogen (secondary N) is 4. The average molecular weight is 499 g/mol. The Balaban J connectivity index is 1.55. The second kappa shape index (κ2) is 9.35. The molecule has 4 rings (SSSR count). The molecule has 34 heavy (non-hydrogen) atoms. The van der Waals surface area contributed by atoms with Gasteiger partial charge in [0, 0.05) is 10.8 Å². The van der Waals surface area contributed by atoms with E-state index in [1.807, 2.05) is 13.8 Å². The van der Waals surface area contributed by atoms with Gasteiger partial charge in [0.1, 0.15) is 0 Å². The average Bonchev–Trinajstić information content (AvgIpc) is 2.82. The molecule has 0 unspecified atom stereocenters. The van der Waals surface area contributed by atoms with Crippen LogP contribution >= 0.6 is 0 Å². The molecule has 3 aromatic carbocycles. The summed E-state index contributed by atoms with van der Waals surface area (Å²) in [6, 6.07) is 19.7. The van der Waals surface area contributed by atoms with Gasteiger partial charge in [-0.25, -0.2) is 16.8 Å². The molecular formula is C22H22N6O4S2. The molecule has 0 amide bonds. The summed E-state index contributed by atoms with van der Waals surface area (Å²) in [4.78, 5) is 4.76. The van der Waals surface area contributed by atoms with E-state index in [0.29, 0.717) is 10.8 Å². The number of aromatic nitrogens is 2. The quantitative estimate of drug-likeness (QED) is 0.272. The fourth-order valence-corrected chi connectivity index (χ4v) is 4.76. The third kappa shape index (κ3) is 5.15. The second-order valence-corrected chi connectivity index (χ2v) is 10.9. The first-order valence-electron chi connectivity index (χ1n) is 10.1. The number of fused-ring (bicyclic) bond motifs is 1. The van der Waals surface area contributed by atoms with Crippen molar-refractivity contribution in [2.75, 3.05) is 10.9 Å². The van der Waals surface area contributed by atoms with E-state index in [2.05, 4.69) is 30.7 Å². The number of benzene rings is 3. The largest absolute Gasteiger partial charge is 0.290 e. The molecule has 0 bridgehead atoms. The Kier molecular flexibility index (Phi) is 6.48. The molecule has 176 valence electrons. The zero-order valence-electron chi connectivity index (χ0n) is 18.3. The highest BCUT2D eigenvalue weighted by Gasteiger charge is 2.17. The minimum absolute atomic E-state index is 0.0895. The third-order valence-electron chi connectivity index (χ3n) is 4.96. The highest BCUT2D eigenvalue weighted by Crippen LogP contribution is 2.25. The van der Waals surface area contributed by atoms with Crippen molar-refractivity contribution in [3.8, 4) is 0 Å². The highest BCUT2D eigenvalue weighted by molar-refractivity contribution is 7.89. The molecule has 0 saturated carbocycles. The van der Waals surface area contributed by atoms with E-state index in [1.165, 1.54) is 24.3 Å². The molecule has 4 N–H and O–H groups in total. The van der Waals surface area contributed by atoms with Crippen molar-refractivity contribution in [1.82, 2.24) is 19.9 Å². The van der Waals surface area contributed by atoms with Crippen molar-refractivity contribution < 1.29 is 16.8 Å². The number of nitrogens with zero attached hydrogens (tertiary/aromatic N) is 2. The molecule has 0 fully saturated rings. The van der Waals surface area contributed by atoms with Crippen LogP contribution in [0.3, 0.4) is 0 Å². The molecule has 10 nitrogen and oxygen atoms in total. The van der Waals surface area contributed by atoms with Crippen molar-refractivity contribution in [2.45, 2.75) is 23.6 Å². The monoisotopic (exact) mass is 498 g/mol. The zero-order valence-corrected chi connectivity index (χ0v) is 19.9. The molecule has 1 heterocycles. The number of sulfonamides is 2. The lowest BCUT2D eigenvalue weighted by Crippen LogP contribution is -2.31. The molecule has 1 aromatic heterocycles. The summed E-state index contributed by atoms with van der Waals surface area (Å²) in [5.41, 5.74) is 7.06. The predicted molar refractivity (Wildman–Crippen MR) is 130 cm³/mol. The Bertz CT molecular complexity index is 1420. The fraction of sp³-hybridized carbons (Fsp3) is 0.0909. The molecular weight excluding hydrogens is 476 g/mol. The first-order valence-corrected chi connectivity index (χ1v) is 13.1. The smallest absolute Gasteiger partial charge is 0.257 e. The Morgan fingerprint density at radius 2 is 0.912 bits per heavy atom. The van der Waals surface area contributed by atoms with Crippen molar-refractivity contribution in [1.29, 1.82) is 0 Å². The summed E-state index contributed by atoms with van der Waals surface area (Å²) >= 11 is 0. The Hall–Kier alpha value is -3.58. The fourth-order valence-electron chi connectivity index (χ4n) is 3.07. The SMILES string of the molecule is Cc1ccc(S(=O)(=O)NNc2nnc(NNS(=O)(=O)c3ccc(C)cc3)c3ccccc23)cc1. The van der Waals surface area contributed by atoms with Crippen LogP contribution in [-0.2, 0) is 20.0 Å². The van der Waals surface area contributed by atoms with Crippen molar-refractivity contribution >= 4 is 42.5 Å². The number of hydrogen-bond acceptors (Lipinski definition) is 8. The molecule has 4 aromatic rings. The van der Waals surface area contributed by atoms with Crippen LogP contribution in [0.1, 0.15) is 11.1 Å². The molecule has 0 radical (unpaired) electrons. The van der Waals surface area contributed by atoms with Gasteiger partial charge in [0.25, 0.3) is 20.0 Å². The van der Waals surface area contributed by atoms with Gasteiger partial charge in [-0.3, -0.25) is 10.9 Å². The lowest BCUT2D eigenvalue weighted by Gasteiger charge is -2.14. The molecule has 0 saturated heterocycles. The molecule has 0 aliphatic rings. The second-order valence-electron chi connectivity index (χ2n) is 7.53. The number of rotatable bonds is 8. The van der Waals surface area contributed by atoms with Gasteiger partial charge in [-0.1, -0.05) is 59.7 Å². The van der Waals surface area contributed by atoms with Gasteiger partial charge < -0.3 is 0 Å². The van der Waals surface area contributed by atoms with Crippen molar-refractivity contribution in [2.24, 2.45) is 0 Å². The number of hydrogen-bond donors (Lipinski definition) is 4. The number of anilines is 2. The molecule has 0 aliphatic heterocycles. The first-order chi connectivity index (χ1) is 16.2. The van der Waals surface area contributed by atoms with E-state index in [1.54, 1.807) is 48.5 Å². The van der Waals surface area contributed by atoms with Crippen LogP contribution in [0.5, 0.6) is 0 Å². The van der Waals surface area contributed by atoms with E-state index in [9.17, 15) is 16.8 Å². The van der Waals surface area contributed by atoms with E-state index < -0.39 is 20.0 Å². The van der Waals surface area contributed by atoms with Crippen molar-refractivity contribution in [3.05, 3.63) is 83.9 Å². The van der Waals surface area contributed by atoms with Crippen LogP contribution in [0.15, 0.2) is 82.6 Å². The van der Waals surface area contributed by atoms with E-state index >= 15 is 0 Å². The van der Waals surface area contributed by atoms with Crippen LogP contribution in [0.25, 0.3) is 10.8 Å². The maximum absolute atomic E-state index is 12.6. The minimum Gasteiger partial charge on any atom is -0.290 e. The van der Waals surface area contributed by atoms with Gasteiger partial charge in [-0.15, -0.1) is 19.9 Å². The molecule has 0 aliphatic carbocycles. The topological polar surface area (TPSA) is 142 Å². The van der Waals surface area contributed by atoms with Crippen molar-refractivity contribution in [3.63, 3.8) is 0 Å². The maximum atomic E-state index is 12.6. The Morgan fingerprint density at radius 3 is 1.26 bits per heavy atom. The molecule has 0 spiro atoms. The van der Waals surface area contributed by atoms with Gasteiger partial charge in [-0.05, 0) is 38.1 Å². The van der Waals surface area contributed by atoms with E-state index in [-0.39, 0.29) is 21.4 Å². The normalized spacial score (nSPS) is 11.9. The van der Waals surface area contributed by atoms with Crippen LogP contribution in [0, 0.1) is 13.8 Å². The van der Waals surface area contributed by atoms with Gasteiger partial charge in [0.15, 0.2) is 11.6 Å². The van der Waals surface area contributed by atoms with Crippen LogP contribution in [-0.4, -0.2) is 27.0 Å². The molecule has 0 atom stereocenters. The summed E-state index contributed by atoms with van der Waals surface area (Å²) in [5, 5.41) is 9.06. The lowest BCUT2D eigenvalue weighted by molar-refractivity contribution is 0.585. The minimum atomic E-state index is -3.85. The highest BCUT2D eigenvalue weighted by atomic mass is 32.2. The van der Waals surface area contributed by atoms with E-state index in [4.69, 9.17) is 0 Å². The zero-order chi connectivity index (χ0) is 24.3. The third-order valence-corrected chi connectivity index (χ3v) is 7.48. The van der Waals surface area contributed by atoms with Gasteiger partial charge in [0.2, 0.25) is 0 Å². The Labute approximate surface area is 197 Å². The summed E-state index contributed by atoms with van der Waals surface area (Å²) in [7, 11) is -7.71.